The highest BCUT2D eigenvalue weighted by molar-refractivity contribution is 5.77. The molecule has 14 heavy (non-hydrogen) atoms. The van der Waals surface area contributed by atoms with E-state index >= 15 is 0 Å². The lowest BCUT2D eigenvalue weighted by Gasteiger charge is -2.20. The van der Waals surface area contributed by atoms with Gasteiger partial charge in [0, 0.05) is 27.2 Å². The van der Waals surface area contributed by atoms with Crippen LogP contribution in [0.2, 0.25) is 0 Å². The summed E-state index contributed by atoms with van der Waals surface area (Å²) in [4.78, 5) is 25.4. The minimum Gasteiger partial charge on any atom is -0.481 e. The van der Waals surface area contributed by atoms with Gasteiger partial charge < -0.3 is 14.9 Å². The minimum absolute atomic E-state index is 0.0383. The van der Waals surface area contributed by atoms with E-state index in [0.717, 1.165) is 0 Å². The van der Waals surface area contributed by atoms with Gasteiger partial charge in [-0.25, -0.2) is 4.79 Å². The molecule has 2 atom stereocenters. The summed E-state index contributed by atoms with van der Waals surface area (Å²) in [6.07, 6.45) is 0. The van der Waals surface area contributed by atoms with Crippen molar-refractivity contribution in [1.82, 2.24) is 9.80 Å². The number of urea groups is 1. The zero-order chi connectivity index (χ0) is 10.9. The second-order valence-electron chi connectivity index (χ2n) is 4.00. The molecule has 0 aromatic heterocycles. The van der Waals surface area contributed by atoms with Gasteiger partial charge in [-0.15, -0.1) is 0 Å². The van der Waals surface area contributed by atoms with E-state index in [1.54, 1.807) is 19.0 Å². The van der Waals surface area contributed by atoms with Crippen molar-refractivity contribution in [2.75, 3.05) is 27.2 Å². The normalized spacial score (nSPS) is 26.4. The number of likely N-dealkylation sites (tertiary alicyclic amines) is 1. The van der Waals surface area contributed by atoms with Crippen LogP contribution in [0, 0.1) is 11.8 Å². The van der Waals surface area contributed by atoms with E-state index < -0.39 is 11.9 Å². The summed E-state index contributed by atoms with van der Waals surface area (Å²) in [5.74, 6) is -1.19. The van der Waals surface area contributed by atoms with E-state index in [4.69, 9.17) is 5.11 Å². The molecule has 1 heterocycles. The Bertz CT molecular complexity index is 252. The third-order valence-electron chi connectivity index (χ3n) is 2.58. The van der Waals surface area contributed by atoms with Gasteiger partial charge in [0.25, 0.3) is 0 Å². The third kappa shape index (κ3) is 1.97. The zero-order valence-electron chi connectivity index (χ0n) is 8.73. The molecule has 2 amide bonds. The third-order valence-corrected chi connectivity index (χ3v) is 2.58. The molecule has 1 aliphatic rings. The van der Waals surface area contributed by atoms with Gasteiger partial charge in [0.05, 0.1) is 5.92 Å². The molecule has 0 aromatic carbocycles. The number of nitrogens with zero attached hydrogens (tertiary/aromatic N) is 2. The van der Waals surface area contributed by atoms with E-state index in [1.165, 1.54) is 4.90 Å². The van der Waals surface area contributed by atoms with Gasteiger partial charge in [-0.1, -0.05) is 6.92 Å². The molecule has 0 aliphatic carbocycles. The lowest BCUT2D eigenvalue weighted by atomic mass is 9.99. The highest BCUT2D eigenvalue weighted by atomic mass is 16.4. The Morgan fingerprint density at radius 1 is 1.36 bits per heavy atom. The van der Waals surface area contributed by atoms with Crippen molar-refractivity contribution >= 4 is 12.0 Å². The number of hydrogen-bond donors (Lipinski definition) is 1. The Morgan fingerprint density at radius 2 is 1.93 bits per heavy atom. The van der Waals surface area contributed by atoms with Gasteiger partial charge in [0.1, 0.15) is 0 Å². The van der Waals surface area contributed by atoms with Crippen LogP contribution in [-0.4, -0.2) is 54.1 Å². The molecule has 80 valence electrons. The van der Waals surface area contributed by atoms with Crippen molar-refractivity contribution in [3.63, 3.8) is 0 Å². The second-order valence-corrected chi connectivity index (χ2v) is 4.00. The summed E-state index contributed by atoms with van der Waals surface area (Å²) in [7, 11) is 3.34. The SMILES string of the molecule is C[C@@H]1CN(C(=O)N(C)C)C[C@H]1C(=O)O. The molecular weight excluding hydrogens is 184 g/mol. The van der Waals surface area contributed by atoms with E-state index in [0.29, 0.717) is 13.1 Å². The summed E-state index contributed by atoms with van der Waals surface area (Å²) in [6, 6.07) is -0.111. The predicted molar refractivity (Wildman–Crippen MR) is 50.9 cm³/mol. The number of amides is 2. The molecule has 5 heteroatoms. The van der Waals surface area contributed by atoms with E-state index in [-0.39, 0.29) is 11.9 Å². The van der Waals surface area contributed by atoms with Crippen molar-refractivity contribution in [3.05, 3.63) is 0 Å². The van der Waals surface area contributed by atoms with Crippen LogP contribution >= 0.6 is 0 Å². The number of rotatable bonds is 1. The van der Waals surface area contributed by atoms with Gasteiger partial charge >= 0.3 is 12.0 Å². The van der Waals surface area contributed by atoms with E-state index in [9.17, 15) is 9.59 Å². The average Bonchev–Trinajstić information content (AvgIpc) is 2.45. The molecule has 0 radical (unpaired) electrons. The van der Waals surface area contributed by atoms with Gasteiger partial charge in [-0.05, 0) is 5.92 Å². The predicted octanol–water partition coefficient (Wildman–Crippen LogP) is 0.321. The Morgan fingerprint density at radius 3 is 2.29 bits per heavy atom. The van der Waals surface area contributed by atoms with Gasteiger partial charge in [-0.3, -0.25) is 4.79 Å². The van der Waals surface area contributed by atoms with Gasteiger partial charge in [0.2, 0.25) is 0 Å². The first-order valence-corrected chi connectivity index (χ1v) is 4.62. The Balaban J connectivity index is 2.63. The summed E-state index contributed by atoms with van der Waals surface area (Å²) >= 11 is 0. The van der Waals surface area contributed by atoms with Gasteiger partial charge in [0.15, 0.2) is 0 Å². The summed E-state index contributed by atoms with van der Waals surface area (Å²) < 4.78 is 0. The molecule has 1 aliphatic heterocycles. The Kier molecular flexibility index (Phi) is 2.98. The molecular formula is C9H16N2O3. The van der Waals surface area contributed by atoms with Crippen LogP contribution in [0.4, 0.5) is 4.79 Å². The van der Waals surface area contributed by atoms with Crippen LogP contribution < -0.4 is 0 Å². The maximum Gasteiger partial charge on any atom is 0.319 e. The fourth-order valence-corrected chi connectivity index (χ4v) is 1.73. The molecule has 0 bridgehead atoms. The molecule has 1 rings (SSSR count). The number of carboxylic acids is 1. The fraction of sp³-hybridized carbons (Fsp3) is 0.778. The summed E-state index contributed by atoms with van der Waals surface area (Å²) in [6.45, 7) is 2.73. The van der Waals surface area contributed by atoms with Crippen LogP contribution in [0.15, 0.2) is 0 Å². The quantitative estimate of drug-likeness (QED) is 0.663. The van der Waals surface area contributed by atoms with Crippen molar-refractivity contribution in [3.8, 4) is 0 Å². The molecule has 0 unspecified atom stereocenters. The van der Waals surface area contributed by atoms with Crippen LogP contribution in [0.3, 0.4) is 0 Å². The topological polar surface area (TPSA) is 60.9 Å². The van der Waals surface area contributed by atoms with Crippen LogP contribution in [-0.2, 0) is 4.79 Å². The maximum absolute atomic E-state index is 11.5. The number of carbonyl (C=O) groups is 2. The molecule has 5 nitrogen and oxygen atoms in total. The van der Waals surface area contributed by atoms with Crippen molar-refractivity contribution in [2.24, 2.45) is 11.8 Å². The zero-order valence-corrected chi connectivity index (χ0v) is 8.73. The van der Waals surface area contributed by atoms with Crippen LogP contribution in [0.25, 0.3) is 0 Å². The van der Waals surface area contributed by atoms with E-state index in [2.05, 4.69) is 0 Å². The smallest absolute Gasteiger partial charge is 0.319 e. The first-order chi connectivity index (χ1) is 6.43. The highest BCUT2D eigenvalue weighted by Crippen LogP contribution is 2.23. The molecule has 0 saturated carbocycles. The number of hydrogen-bond acceptors (Lipinski definition) is 2. The number of carboxylic acid groups (broad SMARTS) is 1. The summed E-state index contributed by atoms with van der Waals surface area (Å²) in [5.41, 5.74) is 0. The van der Waals surface area contributed by atoms with Crippen LogP contribution in [0.5, 0.6) is 0 Å². The number of carbonyl (C=O) groups excluding carboxylic acids is 1. The largest absolute Gasteiger partial charge is 0.481 e. The van der Waals surface area contributed by atoms with Gasteiger partial charge in [-0.2, -0.15) is 0 Å². The average molecular weight is 200 g/mol. The van der Waals surface area contributed by atoms with Crippen LogP contribution in [0.1, 0.15) is 6.92 Å². The first kappa shape index (κ1) is 10.8. The first-order valence-electron chi connectivity index (χ1n) is 4.62. The van der Waals surface area contributed by atoms with Crippen molar-refractivity contribution in [1.29, 1.82) is 0 Å². The lowest BCUT2D eigenvalue weighted by molar-refractivity contribution is -0.142. The Labute approximate surface area is 83.3 Å². The minimum atomic E-state index is -0.813. The molecule has 0 spiro atoms. The molecule has 1 saturated heterocycles. The molecule has 1 fully saturated rings. The molecule has 0 aromatic rings. The second kappa shape index (κ2) is 3.86. The maximum atomic E-state index is 11.5. The monoisotopic (exact) mass is 200 g/mol. The number of aliphatic carboxylic acids is 1. The Hall–Kier alpha value is -1.26. The highest BCUT2D eigenvalue weighted by Gasteiger charge is 2.37. The fourth-order valence-electron chi connectivity index (χ4n) is 1.73. The van der Waals surface area contributed by atoms with Crippen molar-refractivity contribution in [2.45, 2.75) is 6.92 Å². The van der Waals surface area contributed by atoms with E-state index in [1.807, 2.05) is 6.92 Å². The lowest BCUT2D eigenvalue weighted by Crippen LogP contribution is -2.38. The summed E-state index contributed by atoms with van der Waals surface area (Å²) in [5, 5.41) is 8.87. The standard InChI is InChI=1S/C9H16N2O3/c1-6-4-11(9(14)10(2)3)5-7(6)8(12)13/h6-7H,4-5H2,1-3H3,(H,12,13)/t6-,7-/m1/s1. The van der Waals surface area contributed by atoms with Crippen molar-refractivity contribution < 1.29 is 14.7 Å². The molecule has 1 N–H and O–H groups in total.